The summed E-state index contributed by atoms with van der Waals surface area (Å²) in [5.74, 6) is -0.106. The van der Waals surface area contributed by atoms with Gasteiger partial charge in [-0.25, -0.2) is 0 Å². The minimum absolute atomic E-state index is 0.00195. The molecule has 0 fully saturated rings. The Morgan fingerprint density at radius 2 is 2.40 bits per heavy atom. The predicted octanol–water partition coefficient (Wildman–Crippen LogP) is 0.493. The van der Waals surface area contributed by atoms with Gasteiger partial charge in [0.2, 0.25) is 0 Å². The normalized spacial score (nSPS) is 12.5. The largest absolute Gasteiger partial charge is 0.383 e. The van der Waals surface area contributed by atoms with Crippen LogP contribution in [0, 0.1) is 6.92 Å². The molecule has 0 saturated heterocycles. The molecule has 1 aromatic rings. The van der Waals surface area contributed by atoms with Crippen molar-refractivity contribution < 1.29 is 9.53 Å². The van der Waals surface area contributed by atoms with Crippen molar-refractivity contribution in [3.05, 3.63) is 17.5 Å². The number of hydrogen-bond acceptors (Lipinski definition) is 3. The topological polar surface area (TPSA) is 56.1 Å². The number of aromatic nitrogens is 2. The van der Waals surface area contributed by atoms with Crippen LogP contribution in [0.15, 0.2) is 6.20 Å². The van der Waals surface area contributed by atoms with Crippen LogP contribution in [0.1, 0.15) is 23.0 Å². The molecule has 0 aliphatic heterocycles. The minimum Gasteiger partial charge on any atom is -0.383 e. The number of nitrogens with one attached hydrogen (secondary N) is 1. The number of amides is 1. The van der Waals surface area contributed by atoms with Gasteiger partial charge in [0.05, 0.1) is 18.4 Å². The summed E-state index contributed by atoms with van der Waals surface area (Å²) >= 11 is 0. The van der Waals surface area contributed by atoms with Crippen LogP contribution in [0.4, 0.5) is 0 Å². The number of nitrogens with zero attached hydrogens (tertiary/aromatic N) is 2. The molecule has 0 unspecified atom stereocenters. The Kier molecular flexibility index (Phi) is 3.85. The highest BCUT2D eigenvalue weighted by atomic mass is 16.5. The van der Waals surface area contributed by atoms with E-state index in [4.69, 9.17) is 4.74 Å². The van der Waals surface area contributed by atoms with Crippen molar-refractivity contribution in [2.24, 2.45) is 7.05 Å². The monoisotopic (exact) mass is 211 g/mol. The Hall–Kier alpha value is -1.36. The molecule has 0 aromatic carbocycles. The molecule has 0 bridgehead atoms. The molecule has 0 saturated carbocycles. The molecule has 15 heavy (non-hydrogen) atoms. The van der Waals surface area contributed by atoms with Gasteiger partial charge in [0.25, 0.3) is 5.91 Å². The maximum Gasteiger partial charge on any atom is 0.255 e. The third kappa shape index (κ3) is 2.79. The fraction of sp³-hybridized carbons (Fsp3) is 0.600. The van der Waals surface area contributed by atoms with Crippen molar-refractivity contribution in [2.45, 2.75) is 19.9 Å². The van der Waals surface area contributed by atoms with E-state index in [0.29, 0.717) is 12.2 Å². The summed E-state index contributed by atoms with van der Waals surface area (Å²) in [5, 5.41) is 6.85. The molecule has 1 aromatic heterocycles. The van der Waals surface area contributed by atoms with Gasteiger partial charge in [0.15, 0.2) is 0 Å². The molecule has 5 heteroatoms. The van der Waals surface area contributed by atoms with Gasteiger partial charge in [0, 0.05) is 25.9 Å². The van der Waals surface area contributed by atoms with Crippen molar-refractivity contribution >= 4 is 5.91 Å². The van der Waals surface area contributed by atoms with E-state index in [1.165, 1.54) is 0 Å². The van der Waals surface area contributed by atoms with Crippen LogP contribution in [0.5, 0.6) is 0 Å². The van der Waals surface area contributed by atoms with Crippen molar-refractivity contribution in [1.82, 2.24) is 15.1 Å². The number of ether oxygens (including phenoxy) is 1. The molecule has 0 aliphatic carbocycles. The predicted molar refractivity (Wildman–Crippen MR) is 56.7 cm³/mol. The lowest BCUT2D eigenvalue weighted by Gasteiger charge is -2.12. The first-order chi connectivity index (χ1) is 7.06. The molecule has 1 amide bonds. The van der Waals surface area contributed by atoms with Gasteiger partial charge >= 0.3 is 0 Å². The van der Waals surface area contributed by atoms with Crippen molar-refractivity contribution in [1.29, 1.82) is 0 Å². The smallest absolute Gasteiger partial charge is 0.255 e. The Balaban J connectivity index is 2.65. The summed E-state index contributed by atoms with van der Waals surface area (Å²) in [5.41, 5.74) is 1.47. The van der Waals surface area contributed by atoms with Gasteiger partial charge in [-0.3, -0.25) is 9.48 Å². The van der Waals surface area contributed by atoms with Crippen molar-refractivity contribution in [3.63, 3.8) is 0 Å². The molecule has 0 spiro atoms. The van der Waals surface area contributed by atoms with Gasteiger partial charge < -0.3 is 10.1 Å². The molecule has 0 radical (unpaired) electrons. The highest BCUT2D eigenvalue weighted by Gasteiger charge is 2.14. The van der Waals surface area contributed by atoms with Crippen LogP contribution in [-0.4, -0.2) is 35.4 Å². The second-order valence-corrected chi connectivity index (χ2v) is 3.60. The number of rotatable bonds is 4. The number of carbonyl (C=O) groups is 1. The van der Waals surface area contributed by atoms with E-state index in [2.05, 4.69) is 10.4 Å². The van der Waals surface area contributed by atoms with E-state index >= 15 is 0 Å². The quantitative estimate of drug-likeness (QED) is 0.788. The first-order valence-corrected chi connectivity index (χ1v) is 4.84. The SMILES string of the molecule is COC[C@H](C)NC(=O)c1cnn(C)c1C. The van der Waals surface area contributed by atoms with E-state index in [0.717, 1.165) is 5.69 Å². The van der Waals surface area contributed by atoms with Crippen LogP contribution in [0.3, 0.4) is 0 Å². The summed E-state index contributed by atoms with van der Waals surface area (Å²) in [4.78, 5) is 11.7. The summed E-state index contributed by atoms with van der Waals surface area (Å²) < 4.78 is 6.62. The molecule has 1 N–H and O–H groups in total. The maximum atomic E-state index is 11.7. The zero-order chi connectivity index (χ0) is 11.4. The molecule has 1 atom stereocenters. The van der Waals surface area contributed by atoms with E-state index in [1.54, 1.807) is 18.0 Å². The molecule has 1 rings (SSSR count). The van der Waals surface area contributed by atoms with E-state index in [-0.39, 0.29) is 11.9 Å². The van der Waals surface area contributed by atoms with Gasteiger partial charge in [-0.15, -0.1) is 0 Å². The second-order valence-electron chi connectivity index (χ2n) is 3.60. The number of methoxy groups -OCH3 is 1. The molecule has 1 heterocycles. The Labute approximate surface area is 89.4 Å². The lowest BCUT2D eigenvalue weighted by molar-refractivity contribution is 0.0905. The summed E-state index contributed by atoms with van der Waals surface area (Å²) in [6.07, 6.45) is 1.57. The van der Waals surface area contributed by atoms with Crippen LogP contribution in [0.2, 0.25) is 0 Å². The summed E-state index contributed by atoms with van der Waals surface area (Å²) in [6.45, 7) is 4.26. The highest BCUT2D eigenvalue weighted by Crippen LogP contribution is 2.05. The third-order valence-electron chi connectivity index (χ3n) is 2.27. The molecule has 0 aliphatic rings. The lowest BCUT2D eigenvalue weighted by atomic mass is 10.2. The number of aryl methyl sites for hydroxylation is 1. The molecular formula is C10H17N3O2. The standard InChI is InChI=1S/C10H17N3O2/c1-7(6-15-4)12-10(14)9-5-11-13(3)8(9)2/h5,7H,6H2,1-4H3,(H,12,14)/t7-/m0/s1. The van der Waals surface area contributed by atoms with Gasteiger partial charge in [-0.2, -0.15) is 5.10 Å². The average Bonchev–Trinajstić information content (AvgIpc) is 2.48. The van der Waals surface area contributed by atoms with E-state index in [9.17, 15) is 4.79 Å². The maximum absolute atomic E-state index is 11.7. The molecular weight excluding hydrogens is 194 g/mol. The van der Waals surface area contributed by atoms with Crippen LogP contribution >= 0.6 is 0 Å². The fourth-order valence-electron chi connectivity index (χ4n) is 1.31. The molecule has 84 valence electrons. The fourth-order valence-corrected chi connectivity index (χ4v) is 1.31. The van der Waals surface area contributed by atoms with Gasteiger partial charge in [-0.1, -0.05) is 0 Å². The Morgan fingerprint density at radius 3 is 2.87 bits per heavy atom. The number of hydrogen-bond donors (Lipinski definition) is 1. The highest BCUT2D eigenvalue weighted by molar-refractivity contribution is 5.95. The Morgan fingerprint density at radius 1 is 1.73 bits per heavy atom. The van der Waals surface area contributed by atoms with Gasteiger partial charge in [-0.05, 0) is 13.8 Å². The van der Waals surface area contributed by atoms with E-state index in [1.807, 2.05) is 20.9 Å². The van der Waals surface area contributed by atoms with Crippen LogP contribution < -0.4 is 5.32 Å². The lowest BCUT2D eigenvalue weighted by Crippen LogP contribution is -2.35. The summed E-state index contributed by atoms with van der Waals surface area (Å²) in [7, 11) is 3.42. The van der Waals surface area contributed by atoms with Crippen LogP contribution in [0.25, 0.3) is 0 Å². The van der Waals surface area contributed by atoms with Gasteiger partial charge in [0.1, 0.15) is 0 Å². The zero-order valence-corrected chi connectivity index (χ0v) is 9.57. The number of carbonyl (C=O) groups excluding carboxylic acids is 1. The first-order valence-electron chi connectivity index (χ1n) is 4.84. The summed E-state index contributed by atoms with van der Waals surface area (Å²) in [6, 6.07) is 0.00195. The third-order valence-corrected chi connectivity index (χ3v) is 2.27. The van der Waals surface area contributed by atoms with E-state index < -0.39 is 0 Å². The minimum atomic E-state index is -0.106. The van der Waals surface area contributed by atoms with Crippen molar-refractivity contribution in [2.75, 3.05) is 13.7 Å². The Bertz CT molecular complexity index is 346. The zero-order valence-electron chi connectivity index (χ0n) is 9.57. The average molecular weight is 211 g/mol. The van der Waals surface area contributed by atoms with Crippen molar-refractivity contribution in [3.8, 4) is 0 Å². The molecule has 5 nitrogen and oxygen atoms in total. The first kappa shape index (κ1) is 11.7. The second kappa shape index (κ2) is 4.93. The van der Waals surface area contributed by atoms with Crippen LogP contribution in [-0.2, 0) is 11.8 Å².